The summed E-state index contributed by atoms with van der Waals surface area (Å²) in [5, 5.41) is 6.57. The second-order valence-corrected chi connectivity index (χ2v) is 8.58. The van der Waals surface area contributed by atoms with Gasteiger partial charge in [-0.3, -0.25) is 4.98 Å². The predicted molar refractivity (Wildman–Crippen MR) is 130 cm³/mol. The van der Waals surface area contributed by atoms with Crippen molar-refractivity contribution in [3.05, 3.63) is 71.7 Å². The highest BCUT2D eigenvalue weighted by molar-refractivity contribution is 5.80. The van der Waals surface area contributed by atoms with E-state index in [1.807, 2.05) is 18.2 Å². The SMILES string of the molecule is COc1cncc(-c2cc3c(c(Nc4ccc(C5CCN(C)C5)cc4)n2)C(C=O)NC=C3)c1. The average Bonchev–Trinajstić information content (AvgIpc) is 3.30. The zero-order valence-corrected chi connectivity index (χ0v) is 18.8. The Bertz CT molecular complexity index is 1190. The number of aldehydes is 1. The fourth-order valence-electron chi connectivity index (χ4n) is 4.57. The second-order valence-electron chi connectivity index (χ2n) is 8.58. The van der Waals surface area contributed by atoms with Crippen molar-refractivity contribution in [2.45, 2.75) is 18.4 Å². The van der Waals surface area contributed by atoms with Crippen LogP contribution in [0.15, 0.2) is 55.0 Å². The Hall–Kier alpha value is -3.71. The van der Waals surface area contributed by atoms with Gasteiger partial charge in [-0.15, -0.1) is 0 Å². The fraction of sp³-hybridized carbons (Fsp3) is 0.269. The summed E-state index contributed by atoms with van der Waals surface area (Å²) in [6, 6.07) is 12.0. The van der Waals surface area contributed by atoms with Crippen LogP contribution in [-0.2, 0) is 4.79 Å². The van der Waals surface area contributed by atoms with Crippen LogP contribution in [0.3, 0.4) is 0 Å². The van der Waals surface area contributed by atoms with E-state index in [9.17, 15) is 4.79 Å². The number of rotatable bonds is 6. The lowest BCUT2D eigenvalue weighted by atomic mass is 9.96. The number of likely N-dealkylation sites (tertiary alicyclic amines) is 1. The minimum Gasteiger partial charge on any atom is -0.495 e. The van der Waals surface area contributed by atoms with Gasteiger partial charge in [0.05, 0.1) is 19.0 Å². The van der Waals surface area contributed by atoms with E-state index in [0.717, 1.165) is 47.4 Å². The summed E-state index contributed by atoms with van der Waals surface area (Å²) in [6.07, 6.45) is 9.27. The summed E-state index contributed by atoms with van der Waals surface area (Å²) in [4.78, 5) is 23.3. The Morgan fingerprint density at radius 1 is 1.21 bits per heavy atom. The summed E-state index contributed by atoms with van der Waals surface area (Å²) < 4.78 is 5.33. The number of benzene rings is 1. The first-order valence-electron chi connectivity index (χ1n) is 11.1. The average molecular weight is 442 g/mol. The van der Waals surface area contributed by atoms with Crippen LogP contribution in [0.25, 0.3) is 17.3 Å². The highest BCUT2D eigenvalue weighted by Gasteiger charge is 2.24. The van der Waals surface area contributed by atoms with Crippen LogP contribution in [-0.4, -0.2) is 48.4 Å². The van der Waals surface area contributed by atoms with Crippen molar-refractivity contribution in [2.24, 2.45) is 0 Å². The van der Waals surface area contributed by atoms with Crippen molar-refractivity contribution in [2.75, 3.05) is 32.6 Å². The van der Waals surface area contributed by atoms with Crippen LogP contribution in [0.4, 0.5) is 11.5 Å². The normalized spacial score (nSPS) is 19.6. The van der Waals surface area contributed by atoms with Crippen LogP contribution >= 0.6 is 0 Å². The standard InChI is InChI=1S/C26H27N5O2/c1-31-10-8-19(15-31)17-3-5-21(6-4-17)29-26-25-18(7-9-28-24(25)16-32)12-23(30-26)20-11-22(33-2)14-27-13-20/h3-7,9,11-14,16,19,24,28H,8,10,15H2,1-2H3,(H,29,30). The highest BCUT2D eigenvalue weighted by atomic mass is 16.5. The molecule has 4 heterocycles. The Kier molecular flexibility index (Phi) is 5.79. The maximum absolute atomic E-state index is 11.8. The minimum absolute atomic E-state index is 0.467. The molecule has 2 aliphatic rings. The van der Waals surface area contributed by atoms with Gasteiger partial charge in [-0.05, 0) is 73.6 Å². The molecule has 3 aromatic rings. The third-order valence-electron chi connectivity index (χ3n) is 6.36. The number of pyridine rings is 2. The number of carbonyl (C=O) groups is 1. The molecule has 1 aromatic carbocycles. The lowest BCUT2D eigenvalue weighted by Gasteiger charge is -2.23. The first kappa shape index (κ1) is 21.2. The number of aromatic nitrogens is 2. The van der Waals surface area contributed by atoms with Crippen molar-refractivity contribution < 1.29 is 9.53 Å². The van der Waals surface area contributed by atoms with Gasteiger partial charge in [0, 0.05) is 29.6 Å². The molecule has 1 fully saturated rings. The van der Waals surface area contributed by atoms with Crippen LogP contribution < -0.4 is 15.4 Å². The number of likely N-dealkylation sites (N-methyl/N-ethyl adjacent to an activating group) is 1. The van der Waals surface area contributed by atoms with E-state index in [2.05, 4.69) is 51.8 Å². The number of hydrogen-bond acceptors (Lipinski definition) is 7. The smallest absolute Gasteiger partial charge is 0.146 e. The summed E-state index contributed by atoms with van der Waals surface area (Å²) in [6.45, 7) is 2.23. The molecular weight excluding hydrogens is 414 g/mol. The lowest BCUT2D eigenvalue weighted by molar-refractivity contribution is -0.109. The fourth-order valence-corrected chi connectivity index (χ4v) is 4.57. The predicted octanol–water partition coefficient (Wildman–Crippen LogP) is 4.13. The van der Waals surface area contributed by atoms with Gasteiger partial charge in [-0.25, -0.2) is 4.98 Å². The minimum atomic E-state index is -0.467. The number of carbonyl (C=O) groups excluding carboxylic acids is 1. The summed E-state index contributed by atoms with van der Waals surface area (Å²) >= 11 is 0. The van der Waals surface area contributed by atoms with E-state index in [4.69, 9.17) is 9.72 Å². The van der Waals surface area contributed by atoms with Crippen LogP contribution in [0.5, 0.6) is 5.75 Å². The maximum Gasteiger partial charge on any atom is 0.146 e. The number of nitrogens with zero attached hydrogens (tertiary/aromatic N) is 3. The van der Waals surface area contributed by atoms with Gasteiger partial charge in [0.25, 0.3) is 0 Å². The van der Waals surface area contributed by atoms with E-state index in [1.165, 1.54) is 12.0 Å². The van der Waals surface area contributed by atoms with Crippen LogP contribution in [0.2, 0.25) is 0 Å². The molecule has 1 saturated heterocycles. The Morgan fingerprint density at radius 2 is 2.06 bits per heavy atom. The molecule has 0 radical (unpaired) electrons. The van der Waals surface area contributed by atoms with Crippen molar-refractivity contribution in [1.82, 2.24) is 20.2 Å². The number of hydrogen-bond donors (Lipinski definition) is 2. The molecule has 0 amide bonds. The van der Waals surface area contributed by atoms with Gasteiger partial charge in [0.2, 0.25) is 0 Å². The van der Waals surface area contributed by atoms with Crippen molar-refractivity contribution in [3.63, 3.8) is 0 Å². The topological polar surface area (TPSA) is 79.4 Å². The molecule has 0 aliphatic carbocycles. The third-order valence-corrected chi connectivity index (χ3v) is 6.36. The number of methoxy groups -OCH3 is 1. The Balaban J connectivity index is 1.51. The van der Waals surface area contributed by atoms with E-state index >= 15 is 0 Å². The lowest BCUT2D eigenvalue weighted by Crippen LogP contribution is -2.22. The molecule has 2 aromatic heterocycles. The monoisotopic (exact) mass is 441 g/mol. The first-order valence-corrected chi connectivity index (χ1v) is 11.1. The molecule has 33 heavy (non-hydrogen) atoms. The van der Waals surface area contributed by atoms with Gasteiger partial charge in [0.1, 0.15) is 23.9 Å². The summed E-state index contributed by atoms with van der Waals surface area (Å²) in [7, 11) is 3.78. The molecule has 5 rings (SSSR count). The van der Waals surface area contributed by atoms with Gasteiger partial charge in [0.15, 0.2) is 0 Å². The second kappa shape index (κ2) is 9.03. The van der Waals surface area contributed by atoms with Gasteiger partial charge < -0.3 is 25.1 Å². The third kappa shape index (κ3) is 4.32. The van der Waals surface area contributed by atoms with Gasteiger partial charge in [-0.1, -0.05) is 12.1 Å². The van der Waals surface area contributed by atoms with Gasteiger partial charge in [-0.2, -0.15) is 0 Å². The number of anilines is 2. The highest BCUT2D eigenvalue weighted by Crippen LogP contribution is 2.35. The van der Waals surface area contributed by atoms with Crippen molar-refractivity contribution in [3.8, 4) is 17.0 Å². The molecule has 168 valence electrons. The zero-order valence-electron chi connectivity index (χ0n) is 18.8. The molecular formula is C26H27N5O2. The molecule has 2 aliphatic heterocycles. The number of fused-ring (bicyclic) bond motifs is 1. The molecule has 7 heteroatoms. The number of ether oxygens (including phenoxy) is 1. The summed E-state index contributed by atoms with van der Waals surface area (Å²) in [5.41, 5.74) is 5.65. The quantitative estimate of drug-likeness (QED) is 0.557. The van der Waals surface area contributed by atoms with Gasteiger partial charge >= 0.3 is 0 Å². The zero-order chi connectivity index (χ0) is 22.8. The number of nitrogens with one attached hydrogen (secondary N) is 2. The molecule has 2 N–H and O–H groups in total. The van der Waals surface area contributed by atoms with Crippen LogP contribution in [0, 0.1) is 0 Å². The maximum atomic E-state index is 11.8. The van der Waals surface area contributed by atoms with Crippen molar-refractivity contribution >= 4 is 23.9 Å². The van der Waals surface area contributed by atoms with Crippen LogP contribution in [0.1, 0.15) is 35.1 Å². The molecule has 0 bridgehead atoms. The van der Waals surface area contributed by atoms with Crippen molar-refractivity contribution in [1.29, 1.82) is 0 Å². The largest absolute Gasteiger partial charge is 0.495 e. The molecule has 2 unspecified atom stereocenters. The van der Waals surface area contributed by atoms with E-state index in [-0.39, 0.29) is 0 Å². The Labute approximate surface area is 193 Å². The summed E-state index contributed by atoms with van der Waals surface area (Å²) in [5.74, 6) is 1.89. The Morgan fingerprint density at radius 3 is 2.79 bits per heavy atom. The van der Waals surface area contributed by atoms with E-state index in [1.54, 1.807) is 25.7 Å². The van der Waals surface area contributed by atoms with E-state index < -0.39 is 6.04 Å². The molecule has 0 spiro atoms. The first-order chi connectivity index (χ1) is 16.1. The molecule has 7 nitrogen and oxygen atoms in total. The molecule has 0 saturated carbocycles. The molecule has 2 atom stereocenters. The van der Waals surface area contributed by atoms with E-state index in [0.29, 0.717) is 17.5 Å².